The van der Waals surface area contributed by atoms with Crippen LogP contribution in [0.2, 0.25) is 0 Å². The summed E-state index contributed by atoms with van der Waals surface area (Å²) in [5, 5.41) is 8.44. The zero-order chi connectivity index (χ0) is 13.9. The number of rotatable bonds is 4. The van der Waals surface area contributed by atoms with Gasteiger partial charge in [0.2, 0.25) is 5.65 Å². The van der Waals surface area contributed by atoms with E-state index in [9.17, 15) is 0 Å². The normalized spacial score (nSPS) is 16.7. The lowest BCUT2D eigenvalue weighted by Crippen LogP contribution is -2.41. The fourth-order valence-corrected chi connectivity index (χ4v) is 3.12. The minimum absolute atomic E-state index is 0.531. The Hall–Kier alpha value is -1.69. The predicted molar refractivity (Wildman–Crippen MR) is 78.8 cm³/mol. The Kier molecular flexibility index (Phi) is 3.82. The predicted octanol–water partition coefficient (Wildman–Crippen LogP) is 1.53. The molecule has 0 aliphatic heterocycles. The van der Waals surface area contributed by atoms with E-state index >= 15 is 0 Å². The molecule has 2 aromatic rings. The summed E-state index contributed by atoms with van der Waals surface area (Å²) in [6, 6.07) is 0.531. The minimum Gasteiger partial charge on any atom is -0.349 e. The van der Waals surface area contributed by atoms with Crippen molar-refractivity contribution in [3.05, 3.63) is 18.2 Å². The summed E-state index contributed by atoms with van der Waals surface area (Å²) in [6.45, 7) is 3.41. The minimum atomic E-state index is 0.531. The van der Waals surface area contributed by atoms with Crippen LogP contribution in [0.5, 0.6) is 0 Å². The van der Waals surface area contributed by atoms with Crippen LogP contribution in [0, 0.1) is 6.92 Å². The SMILES string of the molecule is Cc1nnc2c(N(CCN)C3CCCCC3)nccn12. The second-order valence-electron chi connectivity index (χ2n) is 5.47. The topological polar surface area (TPSA) is 72.3 Å². The smallest absolute Gasteiger partial charge is 0.203 e. The molecule has 2 N–H and O–H groups in total. The molecule has 1 fully saturated rings. The lowest BCUT2D eigenvalue weighted by molar-refractivity contribution is 0.414. The van der Waals surface area contributed by atoms with Gasteiger partial charge in [-0.25, -0.2) is 4.98 Å². The highest BCUT2D eigenvalue weighted by atomic mass is 15.3. The standard InChI is InChI=1S/C14H22N6/c1-11-17-18-14-13(16-8-10-19(11)14)20(9-7-15)12-5-3-2-4-6-12/h8,10,12H,2-7,9,15H2,1H3. The summed E-state index contributed by atoms with van der Waals surface area (Å²) in [5.41, 5.74) is 6.65. The van der Waals surface area contributed by atoms with Gasteiger partial charge in [0.1, 0.15) is 5.82 Å². The van der Waals surface area contributed by atoms with Crippen molar-refractivity contribution in [2.45, 2.75) is 45.1 Å². The molecule has 108 valence electrons. The summed E-state index contributed by atoms with van der Waals surface area (Å²) in [7, 11) is 0. The highest BCUT2D eigenvalue weighted by Crippen LogP contribution is 2.27. The van der Waals surface area contributed by atoms with E-state index in [1.165, 1.54) is 32.1 Å². The molecule has 3 rings (SSSR count). The third-order valence-corrected chi connectivity index (χ3v) is 4.14. The van der Waals surface area contributed by atoms with Crippen molar-refractivity contribution in [3.63, 3.8) is 0 Å². The van der Waals surface area contributed by atoms with Gasteiger partial charge < -0.3 is 10.6 Å². The van der Waals surface area contributed by atoms with Crippen molar-refractivity contribution >= 4 is 11.5 Å². The van der Waals surface area contributed by atoms with E-state index < -0.39 is 0 Å². The third-order valence-electron chi connectivity index (χ3n) is 4.14. The first kappa shape index (κ1) is 13.3. The molecule has 0 unspecified atom stereocenters. The van der Waals surface area contributed by atoms with Gasteiger partial charge in [-0.15, -0.1) is 10.2 Å². The van der Waals surface area contributed by atoms with Gasteiger partial charge in [-0.1, -0.05) is 19.3 Å². The molecule has 20 heavy (non-hydrogen) atoms. The summed E-state index contributed by atoms with van der Waals surface area (Å²) >= 11 is 0. The molecular formula is C14H22N6. The van der Waals surface area contributed by atoms with Gasteiger partial charge >= 0.3 is 0 Å². The number of hydrogen-bond acceptors (Lipinski definition) is 5. The summed E-state index contributed by atoms with van der Waals surface area (Å²) in [6.07, 6.45) is 10.1. The molecule has 0 atom stereocenters. The molecule has 6 nitrogen and oxygen atoms in total. The van der Waals surface area contributed by atoms with E-state index in [2.05, 4.69) is 20.1 Å². The Morgan fingerprint density at radius 1 is 1.30 bits per heavy atom. The fraction of sp³-hybridized carbons (Fsp3) is 0.643. The van der Waals surface area contributed by atoms with E-state index in [-0.39, 0.29) is 0 Å². The maximum Gasteiger partial charge on any atom is 0.203 e. The molecule has 2 heterocycles. The number of aromatic nitrogens is 4. The van der Waals surface area contributed by atoms with Crippen LogP contribution in [-0.2, 0) is 0 Å². The van der Waals surface area contributed by atoms with E-state index in [1.807, 2.05) is 23.7 Å². The van der Waals surface area contributed by atoms with Gasteiger partial charge in [-0.2, -0.15) is 0 Å². The maximum absolute atomic E-state index is 5.81. The second kappa shape index (κ2) is 5.75. The van der Waals surface area contributed by atoms with Crippen molar-refractivity contribution in [2.75, 3.05) is 18.0 Å². The zero-order valence-electron chi connectivity index (χ0n) is 12.0. The molecule has 1 saturated carbocycles. The monoisotopic (exact) mass is 274 g/mol. The molecule has 0 aromatic carbocycles. The maximum atomic E-state index is 5.81. The first-order valence-electron chi connectivity index (χ1n) is 7.44. The highest BCUT2D eigenvalue weighted by molar-refractivity contribution is 5.64. The van der Waals surface area contributed by atoms with Crippen LogP contribution < -0.4 is 10.6 Å². The summed E-state index contributed by atoms with van der Waals surface area (Å²) in [4.78, 5) is 6.90. The highest BCUT2D eigenvalue weighted by Gasteiger charge is 2.24. The largest absolute Gasteiger partial charge is 0.349 e. The second-order valence-corrected chi connectivity index (χ2v) is 5.47. The molecule has 0 radical (unpaired) electrons. The van der Waals surface area contributed by atoms with Crippen LogP contribution >= 0.6 is 0 Å². The Morgan fingerprint density at radius 2 is 2.10 bits per heavy atom. The van der Waals surface area contributed by atoms with E-state index in [1.54, 1.807) is 0 Å². The lowest BCUT2D eigenvalue weighted by atomic mass is 9.94. The first-order chi connectivity index (χ1) is 9.81. The van der Waals surface area contributed by atoms with Crippen molar-refractivity contribution in [1.29, 1.82) is 0 Å². The molecule has 0 amide bonds. The van der Waals surface area contributed by atoms with Crippen LogP contribution in [-0.4, -0.2) is 38.7 Å². The van der Waals surface area contributed by atoms with Gasteiger partial charge in [0.05, 0.1) is 0 Å². The number of nitrogens with two attached hydrogens (primary N) is 1. The van der Waals surface area contributed by atoms with Crippen molar-refractivity contribution in [2.24, 2.45) is 5.73 Å². The number of hydrogen-bond donors (Lipinski definition) is 1. The molecule has 0 bridgehead atoms. The molecule has 6 heteroatoms. The van der Waals surface area contributed by atoms with E-state index in [0.717, 1.165) is 23.8 Å². The van der Waals surface area contributed by atoms with E-state index in [0.29, 0.717) is 12.6 Å². The van der Waals surface area contributed by atoms with Crippen molar-refractivity contribution in [3.8, 4) is 0 Å². The number of fused-ring (bicyclic) bond motifs is 1. The summed E-state index contributed by atoms with van der Waals surface area (Å²) in [5.74, 6) is 1.81. The molecule has 0 saturated heterocycles. The number of aryl methyl sites for hydroxylation is 1. The first-order valence-corrected chi connectivity index (χ1v) is 7.44. The summed E-state index contributed by atoms with van der Waals surface area (Å²) < 4.78 is 1.99. The van der Waals surface area contributed by atoms with Crippen LogP contribution in [0.15, 0.2) is 12.4 Å². The van der Waals surface area contributed by atoms with Gasteiger partial charge in [0.15, 0.2) is 5.82 Å². The third kappa shape index (κ3) is 2.35. The number of nitrogens with zero attached hydrogens (tertiary/aromatic N) is 5. The van der Waals surface area contributed by atoms with Crippen LogP contribution in [0.25, 0.3) is 5.65 Å². The van der Waals surface area contributed by atoms with Crippen molar-refractivity contribution < 1.29 is 0 Å². The van der Waals surface area contributed by atoms with Gasteiger partial charge in [0.25, 0.3) is 0 Å². The fourth-order valence-electron chi connectivity index (χ4n) is 3.12. The Morgan fingerprint density at radius 3 is 2.85 bits per heavy atom. The van der Waals surface area contributed by atoms with Crippen LogP contribution in [0.1, 0.15) is 37.9 Å². The van der Waals surface area contributed by atoms with Gasteiger partial charge in [-0.05, 0) is 19.8 Å². The lowest BCUT2D eigenvalue weighted by Gasteiger charge is -2.34. The zero-order valence-corrected chi connectivity index (χ0v) is 12.0. The van der Waals surface area contributed by atoms with Crippen molar-refractivity contribution in [1.82, 2.24) is 19.6 Å². The van der Waals surface area contributed by atoms with Gasteiger partial charge in [-0.3, -0.25) is 4.40 Å². The quantitative estimate of drug-likeness (QED) is 0.915. The Bertz CT molecular complexity index is 572. The average Bonchev–Trinajstić information content (AvgIpc) is 2.88. The Balaban J connectivity index is 2.00. The van der Waals surface area contributed by atoms with Gasteiger partial charge in [0, 0.05) is 31.5 Å². The van der Waals surface area contributed by atoms with E-state index in [4.69, 9.17) is 5.73 Å². The Labute approximate surface area is 119 Å². The van der Waals surface area contributed by atoms with Crippen LogP contribution in [0.3, 0.4) is 0 Å². The molecule has 2 aromatic heterocycles. The molecular weight excluding hydrogens is 252 g/mol. The van der Waals surface area contributed by atoms with Crippen LogP contribution in [0.4, 0.5) is 5.82 Å². The average molecular weight is 274 g/mol. The molecule has 0 spiro atoms. The molecule has 1 aliphatic carbocycles. The molecule has 1 aliphatic rings. The number of anilines is 1.